The highest BCUT2D eigenvalue weighted by Gasteiger charge is 2.29. The Labute approximate surface area is 148 Å². The van der Waals surface area contributed by atoms with Crippen LogP contribution in [0.25, 0.3) is 5.65 Å². The van der Waals surface area contributed by atoms with Crippen molar-refractivity contribution in [1.82, 2.24) is 19.2 Å². The van der Waals surface area contributed by atoms with Crippen molar-refractivity contribution in [2.45, 2.75) is 26.2 Å². The van der Waals surface area contributed by atoms with Gasteiger partial charge in [-0.15, -0.1) is 0 Å². The van der Waals surface area contributed by atoms with Crippen LogP contribution in [0.4, 0.5) is 10.5 Å². The van der Waals surface area contributed by atoms with Gasteiger partial charge < -0.3 is 19.5 Å². The molecule has 1 N–H and O–H groups in total. The lowest BCUT2D eigenvalue weighted by atomic mass is 10.1. The van der Waals surface area contributed by atoms with Gasteiger partial charge in [-0.1, -0.05) is 0 Å². The third kappa shape index (κ3) is 3.79. The Bertz CT molecular complexity index is 766. The fourth-order valence-corrected chi connectivity index (χ4v) is 3.90. The van der Waals surface area contributed by atoms with Crippen molar-refractivity contribution < 1.29 is 4.79 Å². The van der Waals surface area contributed by atoms with Gasteiger partial charge in [0.1, 0.15) is 5.65 Å². The average Bonchev–Trinajstić information content (AvgIpc) is 3.06. The zero-order chi connectivity index (χ0) is 17.4. The fraction of sp³-hybridized carbons (Fsp3) is 0.579. The molecule has 2 aliphatic rings. The summed E-state index contributed by atoms with van der Waals surface area (Å²) < 4.78 is 1.95. The molecule has 0 spiro atoms. The lowest BCUT2D eigenvalue weighted by molar-refractivity contribution is 0.216. The monoisotopic (exact) mass is 341 g/mol. The van der Waals surface area contributed by atoms with Crippen molar-refractivity contribution in [3.63, 3.8) is 0 Å². The Balaban J connectivity index is 1.33. The molecular weight excluding hydrogens is 314 g/mol. The highest BCUT2D eigenvalue weighted by molar-refractivity contribution is 5.89. The molecule has 6 heteroatoms. The zero-order valence-electron chi connectivity index (χ0n) is 15.1. The number of fused-ring (bicyclic) bond motifs is 1. The van der Waals surface area contributed by atoms with Gasteiger partial charge in [0.2, 0.25) is 0 Å². The van der Waals surface area contributed by atoms with Crippen LogP contribution in [0, 0.1) is 18.8 Å². The van der Waals surface area contributed by atoms with E-state index in [1.165, 1.54) is 19.4 Å². The van der Waals surface area contributed by atoms with Crippen LogP contribution in [0.1, 0.15) is 24.8 Å². The molecule has 1 saturated heterocycles. The molecule has 1 unspecified atom stereocenters. The number of hydrogen-bond donors (Lipinski definition) is 1. The summed E-state index contributed by atoms with van der Waals surface area (Å²) in [7, 11) is 2.21. The smallest absolute Gasteiger partial charge is 0.321 e. The second-order valence-electron chi connectivity index (χ2n) is 7.77. The maximum atomic E-state index is 12.6. The molecule has 0 radical (unpaired) electrons. The number of likely N-dealkylation sites (tertiary alicyclic amines) is 1. The summed E-state index contributed by atoms with van der Waals surface area (Å²) >= 11 is 0. The third-order valence-electron chi connectivity index (χ3n) is 5.33. The number of pyridine rings is 1. The summed E-state index contributed by atoms with van der Waals surface area (Å²) in [6.45, 7) is 6.03. The topological polar surface area (TPSA) is 52.9 Å². The van der Waals surface area contributed by atoms with Crippen molar-refractivity contribution in [3.05, 3.63) is 30.2 Å². The molecule has 4 rings (SSSR count). The first kappa shape index (κ1) is 16.4. The van der Waals surface area contributed by atoms with E-state index in [-0.39, 0.29) is 6.03 Å². The molecule has 1 aliphatic carbocycles. The number of anilines is 1. The van der Waals surface area contributed by atoms with Crippen molar-refractivity contribution in [1.29, 1.82) is 0 Å². The maximum absolute atomic E-state index is 12.6. The van der Waals surface area contributed by atoms with E-state index in [0.29, 0.717) is 5.92 Å². The van der Waals surface area contributed by atoms with Crippen molar-refractivity contribution >= 4 is 17.4 Å². The third-order valence-corrected chi connectivity index (χ3v) is 5.33. The van der Waals surface area contributed by atoms with Crippen LogP contribution in [0.2, 0.25) is 0 Å². The van der Waals surface area contributed by atoms with Crippen molar-refractivity contribution in [2.24, 2.45) is 11.8 Å². The van der Waals surface area contributed by atoms with Crippen LogP contribution in [0.5, 0.6) is 0 Å². The van der Waals surface area contributed by atoms with Crippen LogP contribution < -0.4 is 5.32 Å². The van der Waals surface area contributed by atoms with E-state index in [2.05, 4.69) is 22.2 Å². The van der Waals surface area contributed by atoms with E-state index >= 15 is 0 Å². The number of carbonyl (C=O) groups is 1. The molecule has 1 saturated carbocycles. The van der Waals surface area contributed by atoms with E-state index in [9.17, 15) is 4.79 Å². The normalized spacial score (nSPS) is 20.6. The molecule has 0 aromatic carbocycles. The second-order valence-corrected chi connectivity index (χ2v) is 7.77. The summed E-state index contributed by atoms with van der Waals surface area (Å²) in [5, 5.41) is 3.05. The van der Waals surface area contributed by atoms with Crippen molar-refractivity contribution in [3.8, 4) is 0 Å². The van der Waals surface area contributed by atoms with Gasteiger partial charge in [0.15, 0.2) is 0 Å². The highest BCUT2D eigenvalue weighted by atomic mass is 16.2. The highest BCUT2D eigenvalue weighted by Crippen LogP contribution is 2.30. The molecule has 2 fully saturated rings. The van der Waals surface area contributed by atoms with Crippen LogP contribution in [-0.2, 0) is 0 Å². The number of nitrogens with zero attached hydrogens (tertiary/aromatic N) is 4. The number of rotatable bonds is 5. The number of aryl methyl sites for hydroxylation is 1. The molecule has 2 aromatic rings. The SMILES string of the molecule is Cc1cc(NC(=O)N2CCC(CN(C)CC3CC3)C2)cn2ccnc12. The van der Waals surface area contributed by atoms with E-state index in [1.807, 2.05) is 34.7 Å². The Kier molecular flexibility index (Phi) is 4.37. The number of imidazole rings is 1. The van der Waals surface area contributed by atoms with Gasteiger partial charge in [-0.3, -0.25) is 0 Å². The van der Waals surface area contributed by atoms with Gasteiger partial charge in [0, 0.05) is 44.8 Å². The van der Waals surface area contributed by atoms with E-state index in [4.69, 9.17) is 0 Å². The van der Waals surface area contributed by atoms with Crippen molar-refractivity contribution in [2.75, 3.05) is 38.5 Å². The lowest BCUT2D eigenvalue weighted by Gasteiger charge is -2.21. The van der Waals surface area contributed by atoms with Crippen LogP contribution in [0.15, 0.2) is 24.7 Å². The molecule has 3 heterocycles. The summed E-state index contributed by atoms with van der Waals surface area (Å²) in [4.78, 5) is 21.3. The molecule has 2 aromatic heterocycles. The first-order valence-corrected chi connectivity index (χ1v) is 9.26. The minimum atomic E-state index is 0.00575. The summed E-state index contributed by atoms with van der Waals surface area (Å²) in [6.07, 6.45) is 9.48. The largest absolute Gasteiger partial charge is 0.324 e. The average molecular weight is 341 g/mol. The predicted molar refractivity (Wildman–Crippen MR) is 98.8 cm³/mol. The molecule has 1 aliphatic heterocycles. The first-order valence-electron chi connectivity index (χ1n) is 9.26. The lowest BCUT2D eigenvalue weighted by Crippen LogP contribution is -2.35. The number of hydrogen-bond acceptors (Lipinski definition) is 3. The minimum Gasteiger partial charge on any atom is -0.324 e. The second kappa shape index (κ2) is 6.67. The molecular formula is C19H27N5O. The molecule has 134 valence electrons. The Morgan fingerprint density at radius 1 is 1.32 bits per heavy atom. The summed E-state index contributed by atoms with van der Waals surface area (Å²) in [5.74, 6) is 1.51. The summed E-state index contributed by atoms with van der Waals surface area (Å²) in [6, 6.07) is 1.99. The van der Waals surface area contributed by atoms with E-state index in [0.717, 1.165) is 48.9 Å². The van der Waals surface area contributed by atoms with E-state index < -0.39 is 0 Å². The Morgan fingerprint density at radius 3 is 2.92 bits per heavy atom. The Morgan fingerprint density at radius 2 is 2.12 bits per heavy atom. The Hall–Kier alpha value is -2.08. The van der Waals surface area contributed by atoms with Gasteiger partial charge in [-0.2, -0.15) is 0 Å². The standard InChI is InChI=1S/C19H27N5O/c1-14-9-17(13-23-8-6-20-18(14)23)21-19(25)24-7-5-16(12-24)11-22(2)10-15-3-4-15/h6,8-9,13,15-16H,3-5,7,10-12H2,1-2H3,(H,21,25). The predicted octanol–water partition coefficient (Wildman–Crippen LogP) is 2.84. The number of amides is 2. The molecule has 1 atom stereocenters. The van der Waals surface area contributed by atoms with Crippen LogP contribution in [-0.4, -0.2) is 58.4 Å². The van der Waals surface area contributed by atoms with E-state index in [1.54, 1.807) is 6.20 Å². The van der Waals surface area contributed by atoms with Crippen LogP contribution >= 0.6 is 0 Å². The maximum Gasteiger partial charge on any atom is 0.321 e. The molecule has 2 amide bonds. The number of aromatic nitrogens is 2. The first-order chi connectivity index (χ1) is 12.1. The van der Waals surface area contributed by atoms with Gasteiger partial charge in [-0.05, 0) is 56.7 Å². The van der Waals surface area contributed by atoms with Gasteiger partial charge >= 0.3 is 6.03 Å². The van der Waals surface area contributed by atoms with Crippen LogP contribution in [0.3, 0.4) is 0 Å². The molecule has 0 bridgehead atoms. The quantitative estimate of drug-likeness (QED) is 0.910. The van der Waals surface area contributed by atoms with Gasteiger partial charge in [0.05, 0.1) is 5.69 Å². The van der Waals surface area contributed by atoms with Gasteiger partial charge in [-0.25, -0.2) is 9.78 Å². The van der Waals surface area contributed by atoms with Gasteiger partial charge in [0.25, 0.3) is 0 Å². The molecule has 6 nitrogen and oxygen atoms in total. The number of urea groups is 1. The summed E-state index contributed by atoms with van der Waals surface area (Å²) in [5.41, 5.74) is 2.81. The minimum absolute atomic E-state index is 0.00575. The molecule has 25 heavy (non-hydrogen) atoms. The fourth-order valence-electron chi connectivity index (χ4n) is 3.90. The number of carbonyl (C=O) groups excluding carboxylic acids is 1. The zero-order valence-corrected chi connectivity index (χ0v) is 15.1. The number of nitrogens with one attached hydrogen (secondary N) is 1.